The van der Waals surface area contributed by atoms with E-state index in [4.69, 9.17) is 5.73 Å². The summed E-state index contributed by atoms with van der Waals surface area (Å²) in [6, 6.07) is 0. The Labute approximate surface area is 42.7 Å². The van der Waals surface area contributed by atoms with Crippen molar-refractivity contribution >= 4 is 6.21 Å². The minimum atomic E-state index is 0.653. The molecule has 38 valence electrons. The first-order valence-electron chi connectivity index (χ1n) is 2.33. The lowest BCUT2D eigenvalue weighted by Gasteiger charge is -1.87. The number of nitrogens with zero attached hydrogens (tertiary/aromatic N) is 1. The van der Waals surface area contributed by atoms with Gasteiger partial charge in [0, 0.05) is 25.4 Å². The van der Waals surface area contributed by atoms with E-state index in [2.05, 4.69) is 4.99 Å². The molecule has 1 aliphatic heterocycles. The third-order valence-corrected chi connectivity index (χ3v) is 0.978. The lowest BCUT2D eigenvalue weighted by atomic mass is 10.2. The van der Waals surface area contributed by atoms with Crippen LogP contribution in [-0.2, 0) is 0 Å². The molecule has 0 fully saturated rings. The summed E-state index contributed by atoms with van der Waals surface area (Å²) in [6.45, 7) is 0.653. The van der Waals surface area contributed by atoms with E-state index in [1.165, 1.54) is 5.57 Å². The molecule has 0 atom stereocenters. The molecule has 0 aromatic rings. The minimum Gasteiger partial charge on any atom is -0.327 e. The third-order valence-electron chi connectivity index (χ3n) is 0.978. The zero-order valence-electron chi connectivity index (χ0n) is 4.09. The second kappa shape index (κ2) is 1.89. The molecular weight excluding hydrogens is 88.1 g/mol. The maximum Gasteiger partial charge on any atom is 0.0272 e. The molecule has 0 saturated carbocycles. The van der Waals surface area contributed by atoms with Crippen LogP contribution in [0.15, 0.2) is 16.8 Å². The van der Waals surface area contributed by atoms with E-state index in [1.807, 2.05) is 12.4 Å². The van der Waals surface area contributed by atoms with Crippen molar-refractivity contribution in [3.8, 4) is 0 Å². The number of rotatable bonds is 1. The molecule has 0 aliphatic carbocycles. The average molecular weight is 96.1 g/mol. The second-order valence-corrected chi connectivity index (χ2v) is 1.53. The summed E-state index contributed by atoms with van der Waals surface area (Å²) in [5.74, 6) is 0. The summed E-state index contributed by atoms with van der Waals surface area (Å²) < 4.78 is 0. The Bertz CT molecular complexity index is 113. The van der Waals surface area contributed by atoms with E-state index in [1.54, 1.807) is 0 Å². The van der Waals surface area contributed by atoms with Gasteiger partial charge in [-0.05, 0) is 5.57 Å². The largest absolute Gasteiger partial charge is 0.327 e. The van der Waals surface area contributed by atoms with Gasteiger partial charge in [-0.15, -0.1) is 0 Å². The fourth-order valence-electron chi connectivity index (χ4n) is 0.517. The Morgan fingerprint density at radius 3 is 3.00 bits per heavy atom. The highest BCUT2D eigenvalue weighted by atomic mass is 14.7. The number of aliphatic imine (C=N–C) groups is 1. The summed E-state index contributed by atoms with van der Waals surface area (Å²) in [5.41, 5.74) is 6.51. The number of hydrogen-bond donors (Lipinski definition) is 1. The van der Waals surface area contributed by atoms with Crippen molar-refractivity contribution < 1.29 is 0 Å². The molecule has 0 radical (unpaired) electrons. The van der Waals surface area contributed by atoms with Gasteiger partial charge < -0.3 is 5.73 Å². The van der Waals surface area contributed by atoms with Crippen LogP contribution in [-0.4, -0.2) is 12.8 Å². The lowest BCUT2D eigenvalue weighted by molar-refractivity contribution is 1.11. The van der Waals surface area contributed by atoms with Crippen LogP contribution in [0.1, 0.15) is 6.42 Å². The molecule has 7 heavy (non-hydrogen) atoms. The fraction of sp³-hybridized carbons (Fsp3) is 0.400. The predicted octanol–water partition coefficient (Wildman–Crippen LogP) is 0.304. The molecule has 2 N–H and O–H groups in total. The smallest absolute Gasteiger partial charge is 0.0272 e. The maximum absolute atomic E-state index is 5.29. The maximum atomic E-state index is 5.29. The second-order valence-electron chi connectivity index (χ2n) is 1.53. The van der Waals surface area contributed by atoms with Crippen molar-refractivity contribution in [2.45, 2.75) is 6.42 Å². The van der Waals surface area contributed by atoms with Gasteiger partial charge in [-0.2, -0.15) is 0 Å². The quantitative estimate of drug-likeness (QED) is 0.501. The van der Waals surface area contributed by atoms with E-state index in [-0.39, 0.29) is 0 Å². The van der Waals surface area contributed by atoms with Crippen LogP contribution in [0.25, 0.3) is 0 Å². The summed E-state index contributed by atoms with van der Waals surface area (Å²) in [7, 11) is 0. The van der Waals surface area contributed by atoms with Gasteiger partial charge in [0.2, 0.25) is 0 Å². The van der Waals surface area contributed by atoms with Crippen LogP contribution in [0.5, 0.6) is 0 Å². The summed E-state index contributed by atoms with van der Waals surface area (Å²) in [5, 5.41) is 0. The van der Waals surface area contributed by atoms with Crippen LogP contribution in [0.3, 0.4) is 0 Å². The molecule has 2 nitrogen and oxygen atoms in total. The topological polar surface area (TPSA) is 38.4 Å². The van der Waals surface area contributed by atoms with Crippen LogP contribution in [0, 0.1) is 0 Å². The number of hydrogen-bond acceptors (Lipinski definition) is 2. The van der Waals surface area contributed by atoms with Crippen LogP contribution < -0.4 is 5.73 Å². The molecule has 2 heteroatoms. The van der Waals surface area contributed by atoms with Crippen LogP contribution in [0.2, 0.25) is 0 Å². The Kier molecular flexibility index (Phi) is 1.22. The van der Waals surface area contributed by atoms with Crippen molar-refractivity contribution in [3.05, 3.63) is 11.8 Å². The average Bonchev–Trinajstić information content (AvgIpc) is 2.14. The van der Waals surface area contributed by atoms with E-state index in [0.29, 0.717) is 6.54 Å². The lowest BCUT2D eigenvalue weighted by Crippen LogP contribution is -2.00. The molecule has 0 bridgehead atoms. The zero-order valence-corrected chi connectivity index (χ0v) is 4.09. The van der Waals surface area contributed by atoms with E-state index < -0.39 is 0 Å². The van der Waals surface area contributed by atoms with Crippen LogP contribution >= 0.6 is 0 Å². The van der Waals surface area contributed by atoms with Crippen molar-refractivity contribution in [2.75, 3.05) is 6.54 Å². The molecule has 1 heterocycles. The summed E-state index contributed by atoms with van der Waals surface area (Å²) >= 11 is 0. The Morgan fingerprint density at radius 1 is 1.86 bits per heavy atom. The summed E-state index contributed by atoms with van der Waals surface area (Å²) in [6.07, 6.45) is 4.64. The molecular formula is C5H8N2. The van der Waals surface area contributed by atoms with E-state index in [9.17, 15) is 0 Å². The van der Waals surface area contributed by atoms with Gasteiger partial charge in [0.05, 0.1) is 0 Å². The van der Waals surface area contributed by atoms with E-state index in [0.717, 1.165) is 6.42 Å². The Hall–Kier alpha value is -0.630. The van der Waals surface area contributed by atoms with Crippen molar-refractivity contribution in [2.24, 2.45) is 10.7 Å². The van der Waals surface area contributed by atoms with Crippen molar-refractivity contribution in [1.82, 2.24) is 0 Å². The molecule has 0 spiro atoms. The van der Waals surface area contributed by atoms with Gasteiger partial charge >= 0.3 is 0 Å². The molecule has 0 aromatic carbocycles. The van der Waals surface area contributed by atoms with Gasteiger partial charge in [-0.25, -0.2) is 0 Å². The molecule has 0 aromatic heterocycles. The monoisotopic (exact) mass is 96.1 g/mol. The molecule has 0 amide bonds. The molecule has 1 aliphatic rings. The first-order valence-corrected chi connectivity index (χ1v) is 2.33. The zero-order chi connectivity index (χ0) is 5.11. The first kappa shape index (κ1) is 4.53. The molecule has 0 saturated heterocycles. The third kappa shape index (κ3) is 0.871. The van der Waals surface area contributed by atoms with Gasteiger partial charge in [-0.1, -0.05) is 0 Å². The van der Waals surface area contributed by atoms with Crippen molar-refractivity contribution in [3.63, 3.8) is 0 Å². The first-order chi connectivity index (χ1) is 3.43. The Morgan fingerprint density at radius 2 is 2.71 bits per heavy atom. The fourth-order valence-corrected chi connectivity index (χ4v) is 0.517. The highest BCUT2D eigenvalue weighted by Crippen LogP contribution is 2.01. The van der Waals surface area contributed by atoms with Gasteiger partial charge in [0.15, 0.2) is 0 Å². The molecule has 1 rings (SSSR count). The molecule has 0 unspecified atom stereocenters. The van der Waals surface area contributed by atoms with Gasteiger partial charge in [0.1, 0.15) is 0 Å². The van der Waals surface area contributed by atoms with Gasteiger partial charge in [-0.3, -0.25) is 4.99 Å². The summed E-state index contributed by atoms with van der Waals surface area (Å²) in [4.78, 5) is 3.87. The minimum absolute atomic E-state index is 0.653. The highest BCUT2D eigenvalue weighted by Gasteiger charge is 1.93. The Balaban J connectivity index is 2.45. The standard InChI is InChI=1S/C5H8N2/c6-3-5-1-2-7-4-5/h2,4H,1,3,6H2. The normalized spacial score (nSPS) is 17.6. The highest BCUT2D eigenvalue weighted by molar-refractivity contribution is 5.65. The SMILES string of the molecule is NCC1=CN=CC1. The predicted molar refractivity (Wildman–Crippen MR) is 30.2 cm³/mol. The van der Waals surface area contributed by atoms with Crippen molar-refractivity contribution in [1.29, 1.82) is 0 Å². The van der Waals surface area contributed by atoms with E-state index >= 15 is 0 Å². The van der Waals surface area contributed by atoms with Gasteiger partial charge in [0.25, 0.3) is 0 Å². The van der Waals surface area contributed by atoms with Crippen LogP contribution in [0.4, 0.5) is 0 Å². The number of nitrogens with two attached hydrogens (primary N) is 1.